The third-order valence-electron chi connectivity index (χ3n) is 2.36. The third kappa shape index (κ3) is 5.43. The molecule has 0 aliphatic heterocycles. The van der Waals surface area contributed by atoms with Crippen molar-refractivity contribution in [2.75, 3.05) is 30.4 Å². The highest BCUT2D eigenvalue weighted by Gasteiger charge is 2.20. The highest BCUT2D eigenvalue weighted by molar-refractivity contribution is 7.91. The minimum absolute atomic E-state index is 0.123. The predicted octanol–water partition coefficient (Wildman–Crippen LogP) is 0.226. The molecule has 0 saturated heterocycles. The zero-order valence-corrected chi connectivity index (χ0v) is 13.1. The number of rotatable bonds is 8. The van der Waals surface area contributed by atoms with Crippen molar-refractivity contribution in [2.24, 2.45) is 0 Å². The van der Waals surface area contributed by atoms with Crippen molar-refractivity contribution in [1.29, 1.82) is 0 Å². The summed E-state index contributed by atoms with van der Waals surface area (Å²) in [4.78, 5) is 3.86. The largest absolute Gasteiger partial charge is 0.383 e. The highest BCUT2D eigenvalue weighted by Crippen LogP contribution is 2.17. The summed E-state index contributed by atoms with van der Waals surface area (Å²) >= 11 is 0. The van der Waals surface area contributed by atoms with E-state index in [1.54, 1.807) is 12.1 Å². The molecule has 0 unspecified atom stereocenters. The van der Waals surface area contributed by atoms with Crippen LogP contribution in [0.4, 0.5) is 5.69 Å². The lowest BCUT2D eigenvalue weighted by molar-refractivity contribution is 0.578. The van der Waals surface area contributed by atoms with Crippen molar-refractivity contribution in [3.8, 4) is 0 Å². The van der Waals surface area contributed by atoms with Gasteiger partial charge in [0.1, 0.15) is 9.84 Å². The van der Waals surface area contributed by atoms with E-state index in [-0.39, 0.29) is 17.3 Å². The number of nitrogens with zero attached hydrogens (tertiary/aromatic N) is 1. The Balaban J connectivity index is 2.86. The van der Waals surface area contributed by atoms with Gasteiger partial charge in [-0.2, -0.15) is 0 Å². The first kappa shape index (κ1) is 16.9. The fourth-order valence-corrected chi connectivity index (χ4v) is 3.17. The number of pyridine rings is 1. The molecule has 114 valence electrons. The van der Waals surface area contributed by atoms with Crippen LogP contribution in [-0.2, 0) is 19.9 Å². The fourth-order valence-electron chi connectivity index (χ4n) is 1.43. The topological polar surface area (TPSA) is 105 Å². The molecule has 0 aliphatic carbocycles. The standard InChI is InChI=1S/C11H19N3O4S2/c1-3-6-12-10-5-4-7-13-11(10)20(17,18)14-8-9-19(2,15)16/h4-5,7,12,14H,3,6,8-9H2,1-2H3. The van der Waals surface area contributed by atoms with E-state index in [9.17, 15) is 16.8 Å². The quantitative estimate of drug-likeness (QED) is 0.710. The molecule has 0 radical (unpaired) electrons. The summed E-state index contributed by atoms with van der Waals surface area (Å²) in [5, 5.41) is 2.85. The average Bonchev–Trinajstić information content (AvgIpc) is 2.34. The van der Waals surface area contributed by atoms with E-state index in [2.05, 4.69) is 15.0 Å². The fraction of sp³-hybridized carbons (Fsp3) is 0.545. The first-order valence-electron chi connectivity index (χ1n) is 6.12. The number of sulfonamides is 1. The molecule has 1 heterocycles. The molecule has 0 saturated carbocycles. The first-order valence-corrected chi connectivity index (χ1v) is 9.67. The van der Waals surface area contributed by atoms with Crippen LogP contribution >= 0.6 is 0 Å². The maximum atomic E-state index is 12.1. The van der Waals surface area contributed by atoms with E-state index >= 15 is 0 Å². The molecule has 0 aliphatic rings. The number of aromatic nitrogens is 1. The zero-order valence-electron chi connectivity index (χ0n) is 11.5. The molecule has 9 heteroatoms. The Morgan fingerprint density at radius 2 is 1.90 bits per heavy atom. The zero-order chi connectivity index (χ0) is 15.2. The second-order valence-corrected chi connectivity index (χ2v) is 8.25. The third-order valence-corrected chi connectivity index (χ3v) is 4.72. The maximum absolute atomic E-state index is 12.1. The smallest absolute Gasteiger partial charge is 0.260 e. The molecule has 1 aromatic heterocycles. The molecule has 2 N–H and O–H groups in total. The summed E-state index contributed by atoms with van der Waals surface area (Å²) in [7, 11) is -7.05. The van der Waals surface area contributed by atoms with Crippen LogP contribution in [-0.4, -0.2) is 46.9 Å². The Bertz CT molecular complexity index is 641. The van der Waals surface area contributed by atoms with Gasteiger partial charge in [-0.05, 0) is 18.6 Å². The summed E-state index contributed by atoms with van der Waals surface area (Å²) in [6, 6.07) is 3.25. The molecule has 0 amide bonds. The van der Waals surface area contributed by atoms with E-state index in [1.165, 1.54) is 6.20 Å². The Labute approximate surface area is 119 Å². The van der Waals surface area contributed by atoms with Gasteiger partial charge < -0.3 is 5.32 Å². The van der Waals surface area contributed by atoms with Crippen molar-refractivity contribution in [2.45, 2.75) is 18.4 Å². The molecule has 0 aromatic carbocycles. The van der Waals surface area contributed by atoms with Gasteiger partial charge in [0, 0.05) is 25.5 Å². The van der Waals surface area contributed by atoms with Crippen molar-refractivity contribution < 1.29 is 16.8 Å². The van der Waals surface area contributed by atoms with Crippen molar-refractivity contribution in [3.63, 3.8) is 0 Å². The normalized spacial score (nSPS) is 12.3. The molecule has 0 atom stereocenters. The molecular weight excluding hydrogens is 302 g/mol. The number of hydrogen-bond acceptors (Lipinski definition) is 6. The van der Waals surface area contributed by atoms with Gasteiger partial charge in [-0.25, -0.2) is 26.5 Å². The molecule has 0 fully saturated rings. The van der Waals surface area contributed by atoms with Gasteiger partial charge in [-0.3, -0.25) is 0 Å². The van der Waals surface area contributed by atoms with Gasteiger partial charge in [0.05, 0.1) is 11.4 Å². The summed E-state index contributed by atoms with van der Waals surface area (Å²) in [6.07, 6.45) is 3.27. The van der Waals surface area contributed by atoms with Crippen molar-refractivity contribution in [1.82, 2.24) is 9.71 Å². The monoisotopic (exact) mass is 321 g/mol. The van der Waals surface area contributed by atoms with E-state index in [1.807, 2.05) is 6.92 Å². The van der Waals surface area contributed by atoms with Gasteiger partial charge in [0.15, 0.2) is 5.03 Å². The van der Waals surface area contributed by atoms with E-state index in [4.69, 9.17) is 0 Å². The number of sulfone groups is 1. The summed E-state index contributed by atoms with van der Waals surface area (Å²) in [5.41, 5.74) is 0.404. The van der Waals surface area contributed by atoms with Crippen LogP contribution in [0.15, 0.2) is 23.4 Å². The minimum atomic E-state index is -3.83. The molecule has 0 spiro atoms. The van der Waals surface area contributed by atoms with Gasteiger partial charge in [-0.1, -0.05) is 6.92 Å². The van der Waals surface area contributed by atoms with Gasteiger partial charge in [0.25, 0.3) is 10.0 Å². The number of hydrogen-bond donors (Lipinski definition) is 2. The molecular formula is C11H19N3O4S2. The maximum Gasteiger partial charge on any atom is 0.260 e. The molecule has 1 rings (SSSR count). The van der Waals surface area contributed by atoms with Crippen LogP contribution in [0.25, 0.3) is 0 Å². The Hall–Kier alpha value is -1.19. The van der Waals surface area contributed by atoms with E-state index < -0.39 is 19.9 Å². The van der Waals surface area contributed by atoms with E-state index in [0.717, 1.165) is 12.7 Å². The van der Waals surface area contributed by atoms with Gasteiger partial charge in [0.2, 0.25) is 0 Å². The number of nitrogens with one attached hydrogen (secondary N) is 2. The summed E-state index contributed by atoms with van der Waals surface area (Å²) in [5.74, 6) is -0.253. The lowest BCUT2D eigenvalue weighted by Gasteiger charge is -2.11. The van der Waals surface area contributed by atoms with Crippen LogP contribution in [0.5, 0.6) is 0 Å². The van der Waals surface area contributed by atoms with Crippen molar-refractivity contribution in [3.05, 3.63) is 18.3 Å². The number of anilines is 1. The van der Waals surface area contributed by atoms with Crippen LogP contribution in [0, 0.1) is 0 Å². The molecule has 1 aromatic rings. The Morgan fingerprint density at radius 1 is 1.20 bits per heavy atom. The predicted molar refractivity (Wildman–Crippen MR) is 77.9 cm³/mol. The SMILES string of the molecule is CCCNc1cccnc1S(=O)(=O)NCCS(C)(=O)=O. The molecule has 7 nitrogen and oxygen atoms in total. The minimum Gasteiger partial charge on any atom is -0.383 e. The molecule has 20 heavy (non-hydrogen) atoms. The first-order chi connectivity index (χ1) is 9.26. The van der Waals surface area contributed by atoms with E-state index in [0.29, 0.717) is 12.2 Å². The molecule has 0 bridgehead atoms. The van der Waals surface area contributed by atoms with Crippen LogP contribution in [0.2, 0.25) is 0 Å². The Morgan fingerprint density at radius 3 is 2.50 bits per heavy atom. The van der Waals surface area contributed by atoms with Crippen molar-refractivity contribution >= 4 is 25.5 Å². The lowest BCUT2D eigenvalue weighted by Crippen LogP contribution is -2.30. The van der Waals surface area contributed by atoms with Crippen LogP contribution in [0.3, 0.4) is 0 Å². The average molecular weight is 321 g/mol. The summed E-state index contributed by atoms with van der Waals surface area (Å²) < 4.78 is 48.4. The van der Waals surface area contributed by atoms with Crippen LogP contribution < -0.4 is 10.0 Å². The van der Waals surface area contributed by atoms with Gasteiger partial charge in [-0.15, -0.1) is 0 Å². The highest BCUT2D eigenvalue weighted by atomic mass is 32.2. The second kappa shape index (κ2) is 7.00. The van der Waals surface area contributed by atoms with Gasteiger partial charge >= 0.3 is 0 Å². The summed E-state index contributed by atoms with van der Waals surface area (Å²) in [6.45, 7) is 2.41. The second-order valence-electron chi connectivity index (χ2n) is 4.31. The Kier molecular flexibility index (Phi) is 5.90. The lowest BCUT2D eigenvalue weighted by atomic mass is 10.4. The van der Waals surface area contributed by atoms with Crippen LogP contribution in [0.1, 0.15) is 13.3 Å².